The van der Waals surface area contributed by atoms with Crippen LogP contribution in [0.2, 0.25) is 0 Å². The highest BCUT2D eigenvalue weighted by molar-refractivity contribution is 7.81. The lowest BCUT2D eigenvalue weighted by Gasteiger charge is -2.19. The number of thiocarbonyl (C=S) groups is 1. The highest BCUT2D eigenvalue weighted by Crippen LogP contribution is 2.25. The van der Waals surface area contributed by atoms with Crippen LogP contribution in [0.5, 0.6) is 5.75 Å². The van der Waals surface area contributed by atoms with E-state index in [1.165, 1.54) is 32.6 Å². The lowest BCUT2D eigenvalue weighted by Crippen LogP contribution is -2.11. The summed E-state index contributed by atoms with van der Waals surface area (Å²) in [5.41, 5.74) is 8.72. The molecular weight excluding hydrogens is 483 g/mol. The minimum absolute atomic E-state index is 0.366. The first-order valence-corrected chi connectivity index (χ1v) is 13.4. The maximum Gasteiger partial charge on any atom is 0.235 e. The van der Waals surface area contributed by atoms with E-state index in [0.29, 0.717) is 22.6 Å². The molecule has 0 saturated heterocycles. The van der Waals surface area contributed by atoms with Crippen LogP contribution in [0.25, 0.3) is 16.3 Å². The van der Waals surface area contributed by atoms with Crippen LogP contribution in [0.4, 0.5) is 10.2 Å². The summed E-state index contributed by atoms with van der Waals surface area (Å²) < 4.78 is 18.1. The molecule has 3 N–H and O–H groups in total. The molecular formula is C30H35FN4OS. The number of halogens is 1. The van der Waals surface area contributed by atoms with Crippen molar-refractivity contribution in [2.24, 2.45) is 16.6 Å². The third-order valence-corrected chi connectivity index (χ3v) is 7.12. The number of nitrogens with zero attached hydrogens (tertiary/aromatic N) is 2. The molecule has 1 saturated carbocycles. The molecule has 194 valence electrons. The van der Waals surface area contributed by atoms with Crippen LogP contribution in [-0.4, -0.2) is 28.6 Å². The van der Waals surface area contributed by atoms with Gasteiger partial charge in [-0.3, -0.25) is 4.99 Å². The molecule has 1 atom stereocenters. The Kier molecular flexibility index (Phi) is 9.23. The van der Waals surface area contributed by atoms with Crippen molar-refractivity contribution in [3.8, 4) is 5.75 Å². The van der Waals surface area contributed by atoms with Gasteiger partial charge >= 0.3 is 0 Å². The number of rotatable bonds is 7. The Balaban J connectivity index is 1.46. The number of nitrogens with two attached hydrogens (primary N) is 1. The van der Waals surface area contributed by atoms with Gasteiger partial charge in [-0.15, -0.1) is 0 Å². The number of aromatic nitrogens is 1. The second kappa shape index (κ2) is 12.8. The Morgan fingerprint density at radius 1 is 1.08 bits per heavy atom. The molecule has 1 unspecified atom stereocenters. The van der Waals surface area contributed by atoms with Crippen molar-refractivity contribution in [3.63, 3.8) is 0 Å². The van der Waals surface area contributed by atoms with Gasteiger partial charge in [0, 0.05) is 48.1 Å². The summed E-state index contributed by atoms with van der Waals surface area (Å²) >= 11 is 5.55. The van der Waals surface area contributed by atoms with Crippen LogP contribution in [0, 0.1) is 5.92 Å². The number of benzene rings is 2. The fraction of sp³-hybridized carbons (Fsp3) is 0.367. The fourth-order valence-electron chi connectivity index (χ4n) is 4.69. The second-order valence-corrected chi connectivity index (χ2v) is 10.2. The minimum Gasteiger partial charge on any atom is -0.461 e. The number of aliphatic imine (C=N–C) groups is 1. The van der Waals surface area contributed by atoms with Gasteiger partial charge in [0.05, 0.1) is 0 Å². The van der Waals surface area contributed by atoms with Crippen LogP contribution < -0.4 is 15.8 Å². The average Bonchev–Trinajstić information content (AvgIpc) is 2.87. The van der Waals surface area contributed by atoms with Gasteiger partial charge < -0.3 is 15.8 Å². The van der Waals surface area contributed by atoms with Gasteiger partial charge in [0.15, 0.2) is 0 Å². The second-order valence-electron chi connectivity index (χ2n) is 9.79. The summed E-state index contributed by atoms with van der Waals surface area (Å²) in [6.07, 6.45) is 11.4. The maximum absolute atomic E-state index is 13.0. The molecule has 7 heteroatoms. The predicted molar refractivity (Wildman–Crippen MR) is 156 cm³/mol. The first-order chi connectivity index (χ1) is 17.9. The number of anilines is 1. The molecule has 3 aromatic rings. The van der Waals surface area contributed by atoms with E-state index >= 15 is 0 Å². The first-order valence-electron chi connectivity index (χ1n) is 13.0. The normalized spacial score (nSPS) is 19.8. The van der Waals surface area contributed by atoms with E-state index in [1.807, 2.05) is 30.6 Å². The smallest absolute Gasteiger partial charge is 0.235 e. The summed E-state index contributed by atoms with van der Waals surface area (Å²) in [5, 5.41) is 5.23. The number of pyridine rings is 1. The van der Waals surface area contributed by atoms with E-state index in [4.69, 9.17) is 27.7 Å². The summed E-state index contributed by atoms with van der Waals surface area (Å²) in [7, 11) is 0. The Morgan fingerprint density at radius 2 is 1.78 bits per heavy atom. The van der Waals surface area contributed by atoms with Gasteiger partial charge in [0.1, 0.15) is 16.6 Å². The standard InChI is InChI=1S/C30H35FN4OS/c1-20-5-3-7-27(8-4-6-20)33-19-26(17-32)23-9-10-24-18-34-29(16-25(24)15-23)35-30(37)22-11-13-28(14-12-22)36-21(2)31/h9-21,27H,3-8,32H2,1-2H3,(H,34,35,37). The van der Waals surface area contributed by atoms with Crippen LogP contribution >= 0.6 is 12.2 Å². The lowest BCUT2D eigenvalue weighted by atomic mass is 9.90. The molecule has 1 heterocycles. The van der Waals surface area contributed by atoms with E-state index in [2.05, 4.69) is 23.3 Å². The van der Waals surface area contributed by atoms with Crippen molar-refractivity contribution in [2.45, 2.75) is 64.8 Å². The van der Waals surface area contributed by atoms with Gasteiger partial charge in [-0.05, 0) is 66.1 Å². The van der Waals surface area contributed by atoms with Crippen molar-refractivity contribution < 1.29 is 9.13 Å². The van der Waals surface area contributed by atoms with E-state index in [0.717, 1.165) is 46.2 Å². The zero-order chi connectivity index (χ0) is 26.2. The molecule has 1 fully saturated rings. The maximum atomic E-state index is 13.0. The Hall–Kier alpha value is -3.32. The Morgan fingerprint density at radius 3 is 2.46 bits per heavy atom. The summed E-state index contributed by atoms with van der Waals surface area (Å²) in [5.74, 6) is 1.93. The number of nitrogens with one attached hydrogen (secondary N) is 1. The molecule has 1 aromatic heterocycles. The van der Waals surface area contributed by atoms with Crippen molar-refractivity contribution in [1.29, 1.82) is 0 Å². The monoisotopic (exact) mass is 518 g/mol. The summed E-state index contributed by atoms with van der Waals surface area (Å²) in [6.45, 7) is 3.70. The SMILES string of the molecule is CC1CCCC(N=CC(=CN)c2ccc3cnc(NC(=S)c4ccc(OC(C)F)cc4)cc3c2)CCC1. The van der Waals surface area contributed by atoms with Gasteiger partial charge in [0.2, 0.25) is 6.36 Å². The number of fused-ring (bicyclic) bond motifs is 1. The molecule has 0 radical (unpaired) electrons. The fourth-order valence-corrected chi connectivity index (χ4v) is 4.93. The van der Waals surface area contributed by atoms with Gasteiger partial charge in [-0.1, -0.05) is 57.0 Å². The predicted octanol–water partition coefficient (Wildman–Crippen LogP) is 7.45. The molecule has 0 bridgehead atoms. The molecule has 0 amide bonds. The van der Waals surface area contributed by atoms with Crippen molar-refractivity contribution in [2.75, 3.05) is 5.32 Å². The van der Waals surface area contributed by atoms with Crippen molar-refractivity contribution in [3.05, 3.63) is 72.1 Å². The first kappa shape index (κ1) is 26.7. The molecule has 1 aliphatic carbocycles. The third-order valence-electron chi connectivity index (χ3n) is 6.78. The van der Waals surface area contributed by atoms with Crippen molar-refractivity contribution in [1.82, 2.24) is 4.98 Å². The summed E-state index contributed by atoms with van der Waals surface area (Å²) in [6, 6.07) is 15.5. The number of alkyl halides is 1. The highest BCUT2D eigenvalue weighted by atomic mass is 32.1. The van der Waals surface area contributed by atoms with Crippen LogP contribution in [-0.2, 0) is 0 Å². The molecule has 4 rings (SSSR count). The largest absolute Gasteiger partial charge is 0.461 e. The average molecular weight is 519 g/mol. The highest BCUT2D eigenvalue weighted by Gasteiger charge is 2.13. The van der Waals surface area contributed by atoms with E-state index in [9.17, 15) is 4.39 Å². The zero-order valence-corrected chi connectivity index (χ0v) is 22.3. The Bertz CT molecular complexity index is 1260. The van der Waals surface area contributed by atoms with E-state index in [1.54, 1.807) is 30.5 Å². The zero-order valence-electron chi connectivity index (χ0n) is 21.5. The number of ether oxygens (including phenoxy) is 1. The number of hydrogen-bond donors (Lipinski definition) is 2. The molecule has 0 spiro atoms. The van der Waals surface area contributed by atoms with E-state index < -0.39 is 6.36 Å². The topological polar surface area (TPSA) is 72.5 Å². The molecule has 1 aliphatic rings. The Labute approximate surface area is 224 Å². The molecule has 0 aliphatic heterocycles. The number of allylic oxidation sites excluding steroid dienone is 1. The van der Waals surface area contributed by atoms with Crippen LogP contribution in [0.1, 0.15) is 63.5 Å². The number of hydrogen-bond acceptors (Lipinski definition) is 5. The van der Waals surface area contributed by atoms with Crippen LogP contribution in [0.15, 0.2) is 65.9 Å². The van der Waals surface area contributed by atoms with Gasteiger partial charge in [-0.2, -0.15) is 0 Å². The van der Waals surface area contributed by atoms with Gasteiger partial charge in [-0.25, -0.2) is 9.37 Å². The quantitative estimate of drug-likeness (QED) is 0.251. The van der Waals surface area contributed by atoms with Gasteiger partial charge in [0.25, 0.3) is 0 Å². The molecule has 37 heavy (non-hydrogen) atoms. The molecule has 5 nitrogen and oxygen atoms in total. The third kappa shape index (κ3) is 7.59. The molecule has 2 aromatic carbocycles. The summed E-state index contributed by atoms with van der Waals surface area (Å²) in [4.78, 5) is 9.93. The minimum atomic E-state index is -1.37. The lowest BCUT2D eigenvalue weighted by molar-refractivity contribution is 0.0860. The van der Waals surface area contributed by atoms with Crippen molar-refractivity contribution >= 4 is 45.6 Å². The van der Waals surface area contributed by atoms with Crippen LogP contribution in [0.3, 0.4) is 0 Å². The van der Waals surface area contributed by atoms with E-state index in [-0.39, 0.29) is 0 Å².